The highest BCUT2D eigenvalue weighted by molar-refractivity contribution is 4.89. The molecule has 0 amide bonds. The lowest BCUT2D eigenvalue weighted by atomic mass is 10.1. The Hall–Kier alpha value is -0.860. The summed E-state index contributed by atoms with van der Waals surface area (Å²) in [5.74, 6) is 0. The fourth-order valence-electron chi connectivity index (χ4n) is 1.95. The normalized spacial score (nSPS) is 23.6. The summed E-state index contributed by atoms with van der Waals surface area (Å²) in [4.78, 5) is 1.84. The van der Waals surface area contributed by atoms with Crippen LogP contribution in [-0.4, -0.2) is 84.8 Å². The molecule has 7 nitrogen and oxygen atoms in total. The van der Waals surface area contributed by atoms with Gasteiger partial charge in [-0.2, -0.15) is 0 Å². The van der Waals surface area contributed by atoms with Crippen LogP contribution in [0.1, 0.15) is 0 Å². The lowest BCUT2D eigenvalue weighted by Gasteiger charge is -2.32. The third kappa shape index (κ3) is 6.22. The second-order valence-corrected chi connectivity index (χ2v) is 4.51. The van der Waals surface area contributed by atoms with Gasteiger partial charge in [0.1, 0.15) is 0 Å². The molecule has 0 aromatic rings. The first kappa shape index (κ1) is 16.2. The molecule has 0 aliphatic carbocycles. The molecule has 19 heavy (non-hydrogen) atoms. The molecule has 1 heterocycles. The minimum atomic E-state index is -0.954. The van der Waals surface area contributed by atoms with Gasteiger partial charge < -0.3 is 36.2 Å². The van der Waals surface area contributed by atoms with Crippen molar-refractivity contribution < 1.29 is 15.3 Å². The summed E-state index contributed by atoms with van der Waals surface area (Å²) in [5, 5.41) is 37.8. The number of hydrogen-bond donors (Lipinski definition) is 6. The Kier molecular flexibility index (Phi) is 8.52. The SMILES string of the molecule is OCC(O)C(CO)N1/C=C\NCCNCCNCC1. The van der Waals surface area contributed by atoms with E-state index < -0.39 is 12.1 Å². The third-order valence-corrected chi connectivity index (χ3v) is 3.10. The second kappa shape index (κ2) is 9.99. The van der Waals surface area contributed by atoms with Gasteiger partial charge in [0.05, 0.1) is 25.4 Å². The van der Waals surface area contributed by atoms with Crippen LogP contribution in [0.25, 0.3) is 0 Å². The van der Waals surface area contributed by atoms with Crippen molar-refractivity contribution in [2.75, 3.05) is 52.5 Å². The van der Waals surface area contributed by atoms with E-state index in [1.807, 2.05) is 11.1 Å². The Bertz CT molecular complexity index is 253. The van der Waals surface area contributed by atoms with Crippen LogP contribution in [0, 0.1) is 0 Å². The first-order valence-electron chi connectivity index (χ1n) is 6.76. The molecule has 0 radical (unpaired) electrons. The van der Waals surface area contributed by atoms with Crippen molar-refractivity contribution in [2.45, 2.75) is 12.1 Å². The Balaban J connectivity index is 2.59. The number of aliphatic hydroxyl groups excluding tert-OH is 3. The predicted molar refractivity (Wildman–Crippen MR) is 73.6 cm³/mol. The predicted octanol–water partition coefficient (Wildman–Crippen LogP) is -2.74. The van der Waals surface area contributed by atoms with Crippen molar-refractivity contribution in [3.63, 3.8) is 0 Å². The summed E-state index contributed by atoms with van der Waals surface area (Å²) < 4.78 is 0. The first-order valence-corrected chi connectivity index (χ1v) is 6.76. The van der Waals surface area contributed by atoms with Crippen molar-refractivity contribution in [1.29, 1.82) is 0 Å². The fourth-order valence-corrected chi connectivity index (χ4v) is 1.95. The topological polar surface area (TPSA) is 100 Å². The van der Waals surface area contributed by atoms with Gasteiger partial charge in [-0.25, -0.2) is 0 Å². The number of rotatable bonds is 4. The largest absolute Gasteiger partial charge is 0.394 e. The van der Waals surface area contributed by atoms with Crippen molar-refractivity contribution in [3.8, 4) is 0 Å². The standard InChI is InChI=1S/C12H26N4O3/c17-9-11(12(19)10-18)16-7-5-14-3-1-13-2-4-15-6-8-16/h5,7,11-15,17-19H,1-4,6,8-10H2/b7-5-. The average Bonchev–Trinajstić information content (AvgIpc) is 2.41. The van der Waals surface area contributed by atoms with Crippen molar-refractivity contribution >= 4 is 0 Å². The molecule has 1 aliphatic rings. The van der Waals surface area contributed by atoms with Gasteiger partial charge in [0.15, 0.2) is 0 Å². The number of hydrogen-bond acceptors (Lipinski definition) is 7. The molecular weight excluding hydrogens is 248 g/mol. The summed E-state index contributed by atoms with van der Waals surface area (Å²) in [5.41, 5.74) is 0. The van der Waals surface area contributed by atoms with Crippen molar-refractivity contribution in [3.05, 3.63) is 12.4 Å². The van der Waals surface area contributed by atoms with Gasteiger partial charge in [-0.1, -0.05) is 0 Å². The Labute approximate surface area is 114 Å². The van der Waals surface area contributed by atoms with Gasteiger partial charge in [-0.3, -0.25) is 0 Å². The van der Waals surface area contributed by atoms with Crippen LogP contribution in [0.3, 0.4) is 0 Å². The Morgan fingerprint density at radius 2 is 1.68 bits per heavy atom. The quantitative estimate of drug-likeness (QED) is 0.331. The van der Waals surface area contributed by atoms with Gasteiger partial charge in [0.2, 0.25) is 0 Å². The minimum Gasteiger partial charge on any atom is -0.394 e. The summed E-state index contributed by atoms with van der Waals surface area (Å²) in [6.07, 6.45) is 2.66. The molecule has 1 rings (SSSR count). The van der Waals surface area contributed by atoms with E-state index in [4.69, 9.17) is 5.11 Å². The zero-order valence-electron chi connectivity index (χ0n) is 11.3. The van der Waals surface area contributed by atoms with Crippen LogP contribution < -0.4 is 16.0 Å². The minimum absolute atomic E-state index is 0.201. The highest BCUT2D eigenvalue weighted by atomic mass is 16.3. The number of aliphatic hydroxyl groups is 3. The lowest BCUT2D eigenvalue weighted by molar-refractivity contribution is 0.00372. The highest BCUT2D eigenvalue weighted by Crippen LogP contribution is 2.05. The summed E-state index contributed by atoms with van der Waals surface area (Å²) in [7, 11) is 0. The Morgan fingerprint density at radius 1 is 1.00 bits per heavy atom. The van der Waals surface area contributed by atoms with E-state index in [1.165, 1.54) is 0 Å². The van der Waals surface area contributed by atoms with E-state index in [1.54, 1.807) is 6.20 Å². The molecule has 112 valence electrons. The van der Waals surface area contributed by atoms with Gasteiger partial charge in [0, 0.05) is 51.7 Å². The van der Waals surface area contributed by atoms with E-state index in [0.29, 0.717) is 6.54 Å². The average molecular weight is 274 g/mol. The molecule has 6 N–H and O–H groups in total. The molecule has 1 aliphatic heterocycles. The first-order chi connectivity index (χ1) is 9.29. The molecule has 0 fully saturated rings. The second-order valence-electron chi connectivity index (χ2n) is 4.51. The maximum absolute atomic E-state index is 9.72. The molecule has 2 atom stereocenters. The fraction of sp³-hybridized carbons (Fsp3) is 0.833. The van der Waals surface area contributed by atoms with Crippen LogP contribution in [0.2, 0.25) is 0 Å². The molecule has 2 unspecified atom stereocenters. The number of nitrogens with zero attached hydrogens (tertiary/aromatic N) is 1. The van der Waals surface area contributed by atoms with E-state index in [9.17, 15) is 10.2 Å². The van der Waals surface area contributed by atoms with Gasteiger partial charge in [-0.05, 0) is 0 Å². The van der Waals surface area contributed by atoms with Gasteiger partial charge in [0.25, 0.3) is 0 Å². The maximum atomic E-state index is 9.72. The molecule has 0 aromatic carbocycles. The molecule has 0 spiro atoms. The van der Waals surface area contributed by atoms with Crippen LogP contribution >= 0.6 is 0 Å². The molecule has 0 saturated heterocycles. The van der Waals surface area contributed by atoms with Crippen LogP contribution in [0.4, 0.5) is 0 Å². The van der Waals surface area contributed by atoms with Gasteiger partial charge in [-0.15, -0.1) is 0 Å². The lowest BCUT2D eigenvalue weighted by Crippen LogP contribution is -2.48. The van der Waals surface area contributed by atoms with E-state index in [-0.39, 0.29) is 13.2 Å². The van der Waals surface area contributed by atoms with Crippen LogP contribution in [0.5, 0.6) is 0 Å². The maximum Gasteiger partial charge on any atom is 0.0995 e. The molecular formula is C12H26N4O3. The van der Waals surface area contributed by atoms with Crippen molar-refractivity contribution in [2.24, 2.45) is 0 Å². The van der Waals surface area contributed by atoms with Gasteiger partial charge >= 0.3 is 0 Å². The van der Waals surface area contributed by atoms with Crippen LogP contribution in [-0.2, 0) is 0 Å². The van der Waals surface area contributed by atoms with E-state index in [0.717, 1.165) is 32.7 Å². The molecule has 0 bridgehead atoms. The smallest absolute Gasteiger partial charge is 0.0995 e. The number of nitrogens with one attached hydrogen (secondary N) is 3. The summed E-state index contributed by atoms with van der Waals surface area (Å²) in [6, 6.07) is -0.495. The van der Waals surface area contributed by atoms with Crippen molar-refractivity contribution in [1.82, 2.24) is 20.9 Å². The zero-order valence-corrected chi connectivity index (χ0v) is 11.3. The molecule has 7 heteroatoms. The molecule has 0 saturated carbocycles. The van der Waals surface area contributed by atoms with E-state index in [2.05, 4.69) is 16.0 Å². The van der Waals surface area contributed by atoms with Crippen LogP contribution in [0.15, 0.2) is 12.4 Å². The molecule has 0 aromatic heterocycles. The van der Waals surface area contributed by atoms with E-state index >= 15 is 0 Å². The highest BCUT2D eigenvalue weighted by Gasteiger charge is 2.22. The third-order valence-electron chi connectivity index (χ3n) is 3.10. The summed E-state index contributed by atoms with van der Waals surface area (Å²) in [6.45, 7) is 4.33. The summed E-state index contributed by atoms with van der Waals surface area (Å²) >= 11 is 0. The monoisotopic (exact) mass is 274 g/mol. The zero-order chi connectivity index (χ0) is 13.9. The Morgan fingerprint density at radius 3 is 2.37 bits per heavy atom.